The molecular formula is C23H29N6O8PS. The molecule has 39 heavy (non-hydrogen) atoms. The van der Waals surface area contributed by atoms with E-state index >= 15 is 0 Å². The number of nitrogens with zero attached hydrogens (tertiary/aromatic N) is 4. The number of methoxy groups -OCH3 is 1. The Morgan fingerprint density at radius 3 is 2.85 bits per heavy atom. The van der Waals surface area contributed by atoms with Crippen LogP contribution in [0.1, 0.15) is 31.7 Å². The standard InChI is InChI=1S/C23H29N6O8PS/c1-12(13-7-5-4-6-8-13)36-20(31)14-10-39-38(33,28-14)35-9-15-17(30)23(2,32)21(37-15)29-11-25-16-18(29)26-22(24)27-19(16)34-3/h4-8,11-12,14-15,17,21,30,32H,9-10H2,1-3H3,(H,28,33)(H2,24,26,27)/t12-,14+,15?,17-,21-,23-,38+/m1/s1. The van der Waals surface area contributed by atoms with Crippen molar-refractivity contribution in [1.29, 1.82) is 0 Å². The minimum atomic E-state index is -3.53. The zero-order valence-corrected chi connectivity index (χ0v) is 23.0. The number of carbonyl (C=O) groups excluding carboxylic acids is 1. The van der Waals surface area contributed by atoms with Crippen molar-refractivity contribution in [2.45, 2.75) is 50.0 Å². The summed E-state index contributed by atoms with van der Waals surface area (Å²) in [6, 6.07) is 8.43. The van der Waals surface area contributed by atoms with Gasteiger partial charge in [-0.15, -0.1) is 0 Å². The van der Waals surface area contributed by atoms with Crippen LogP contribution in [0.2, 0.25) is 0 Å². The molecule has 2 fully saturated rings. The molecule has 0 radical (unpaired) electrons. The van der Waals surface area contributed by atoms with Gasteiger partial charge < -0.3 is 34.7 Å². The van der Waals surface area contributed by atoms with Crippen LogP contribution in [-0.4, -0.2) is 79.0 Å². The number of aromatic nitrogens is 4. The number of hydrogen-bond donors (Lipinski definition) is 4. The van der Waals surface area contributed by atoms with Crippen molar-refractivity contribution in [2.24, 2.45) is 0 Å². The fourth-order valence-electron chi connectivity index (χ4n) is 4.45. The molecule has 4 heterocycles. The van der Waals surface area contributed by atoms with Crippen LogP contribution in [0.3, 0.4) is 0 Å². The Kier molecular flexibility index (Phi) is 7.59. The van der Waals surface area contributed by atoms with E-state index in [1.54, 1.807) is 6.92 Å². The van der Waals surface area contributed by atoms with Gasteiger partial charge in [0, 0.05) is 5.75 Å². The summed E-state index contributed by atoms with van der Waals surface area (Å²) in [5.74, 6) is -0.310. The average molecular weight is 581 g/mol. The highest BCUT2D eigenvalue weighted by atomic mass is 32.7. The van der Waals surface area contributed by atoms with E-state index in [1.807, 2.05) is 30.3 Å². The number of nitrogens with two attached hydrogens (primary N) is 1. The molecule has 0 amide bonds. The van der Waals surface area contributed by atoms with Gasteiger partial charge in [0.1, 0.15) is 30.0 Å². The van der Waals surface area contributed by atoms with E-state index in [0.717, 1.165) is 16.9 Å². The highest BCUT2D eigenvalue weighted by Crippen LogP contribution is 2.61. The number of esters is 1. The van der Waals surface area contributed by atoms with E-state index in [0.29, 0.717) is 0 Å². The summed E-state index contributed by atoms with van der Waals surface area (Å²) in [6.07, 6.45) is -2.75. The maximum Gasteiger partial charge on any atom is 0.327 e. The highest BCUT2D eigenvalue weighted by molar-refractivity contribution is 8.56. The van der Waals surface area contributed by atoms with Gasteiger partial charge in [-0.3, -0.25) is 13.9 Å². The lowest BCUT2D eigenvalue weighted by molar-refractivity contribution is -0.150. The first-order valence-electron chi connectivity index (χ1n) is 12.0. The van der Waals surface area contributed by atoms with Gasteiger partial charge in [-0.05, 0) is 19.4 Å². The van der Waals surface area contributed by atoms with Gasteiger partial charge in [-0.1, -0.05) is 41.7 Å². The molecule has 0 aliphatic carbocycles. The van der Waals surface area contributed by atoms with Crippen LogP contribution in [0.4, 0.5) is 5.95 Å². The van der Waals surface area contributed by atoms with Crippen LogP contribution in [0.15, 0.2) is 36.7 Å². The van der Waals surface area contributed by atoms with E-state index in [-0.39, 0.29) is 35.4 Å². The van der Waals surface area contributed by atoms with Crippen LogP contribution in [0.25, 0.3) is 11.2 Å². The number of hydrogen-bond acceptors (Lipinski definition) is 13. The Balaban J connectivity index is 1.23. The molecule has 0 bridgehead atoms. The zero-order valence-electron chi connectivity index (χ0n) is 21.3. The second kappa shape index (κ2) is 10.7. The quantitative estimate of drug-likeness (QED) is 0.221. The molecule has 0 saturated carbocycles. The van der Waals surface area contributed by atoms with Crippen molar-refractivity contribution in [3.05, 3.63) is 42.2 Å². The third-order valence-electron chi connectivity index (χ3n) is 6.59. The third-order valence-corrected chi connectivity index (χ3v) is 10.6. The molecule has 14 nitrogen and oxygen atoms in total. The summed E-state index contributed by atoms with van der Waals surface area (Å²) in [5.41, 5.74) is 5.33. The molecular weight excluding hydrogens is 551 g/mol. The molecule has 2 aromatic heterocycles. The topological polar surface area (TPSA) is 193 Å². The van der Waals surface area contributed by atoms with Crippen molar-refractivity contribution < 1.29 is 38.3 Å². The predicted molar refractivity (Wildman–Crippen MR) is 141 cm³/mol. The Morgan fingerprint density at radius 1 is 1.38 bits per heavy atom. The number of imidazole rings is 1. The molecule has 0 spiro atoms. The van der Waals surface area contributed by atoms with Crippen LogP contribution < -0.4 is 15.6 Å². The SMILES string of the molecule is COc1nc(N)nc2c1ncn2[C@@H]1OC(CO[P@@]2(=O)N[C@H](C(=O)O[C@H](C)c3ccccc3)CS2)[C@@H](O)[C@@]1(C)O. The van der Waals surface area contributed by atoms with Crippen molar-refractivity contribution >= 4 is 41.2 Å². The van der Waals surface area contributed by atoms with Gasteiger partial charge in [0.15, 0.2) is 17.4 Å². The minimum absolute atomic E-state index is 0.0761. The van der Waals surface area contributed by atoms with E-state index < -0.39 is 48.9 Å². The van der Waals surface area contributed by atoms with E-state index in [2.05, 4.69) is 20.0 Å². The summed E-state index contributed by atoms with van der Waals surface area (Å²) < 4.78 is 37.0. The third kappa shape index (κ3) is 5.35. The summed E-state index contributed by atoms with van der Waals surface area (Å²) >= 11 is 0.956. The molecule has 2 saturated heterocycles. The fraction of sp³-hybridized carbons (Fsp3) is 0.478. The van der Waals surface area contributed by atoms with Crippen LogP contribution in [0.5, 0.6) is 5.88 Å². The van der Waals surface area contributed by atoms with Crippen molar-refractivity contribution in [3.8, 4) is 5.88 Å². The van der Waals surface area contributed by atoms with Crippen molar-refractivity contribution in [3.63, 3.8) is 0 Å². The maximum atomic E-state index is 13.3. The zero-order chi connectivity index (χ0) is 27.9. The maximum absolute atomic E-state index is 13.3. The molecule has 16 heteroatoms. The van der Waals surface area contributed by atoms with E-state index in [1.165, 1.54) is 24.9 Å². The van der Waals surface area contributed by atoms with Crippen LogP contribution in [0, 0.1) is 0 Å². The molecule has 2 aliphatic rings. The Hall–Kier alpha value is -2.78. The summed E-state index contributed by atoms with van der Waals surface area (Å²) in [4.78, 5) is 25.0. The highest BCUT2D eigenvalue weighted by Gasteiger charge is 2.54. The van der Waals surface area contributed by atoms with Gasteiger partial charge >= 0.3 is 12.7 Å². The van der Waals surface area contributed by atoms with Gasteiger partial charge in [0.25, 0.3) is 0 Å². The molecule has 5 N–H and O–H groups in total. The molecule has 1 aromatic carbocycles. The first-order valence-corrected chi connectivity index (χ1v) is 15.3. The van der Waals surface area contributed by atoms with Crippen molar-refractivity contribution in [1.82, 2.24) is 24.6 Å². The lowest BCUT2D eigenvalue weighted by Gasteiger charge is -2.27. The number of aliphatic hydroxyl groups excluding tert-OH is 1. The second-order valence-corrected chi connectivity index (χ2v) is 13.7. The number of aliphatic hydroxyl groups is 2. The molecule has 210 valence electrons. The average Bonchev–Trinajstić information content (AvgIpc) is 3.57. The van der Waals surface area contributed by atoms with Gasteiger partial charge in [-0.25, -0.2) is 10.1 Å². The molecule has 7 atom stereocenters. The summed E-state index contributed by atoms with van der Waals surface area (Å²) in [6.45, 7) is -0.719. The molecule has 1 unspecified atom stereocenters. The van der Waals surface area contributed by atoms with Crippen LogP contribution >= 0.6 is 18.1 Å². The van der Waals surface area contributed by atoms with Gasteiger partial charge in [0.05, 0.1) is 20.0 Å². The monoisotopic (exact) mass is 580 g/mol. The molecule has 5 rings (SSSR count). The molecule has 3 aromatic rings. The van der Waals surface area contributed by atoms with Gasteiger partial charge in [-0.2, -0.15) is 9.97 Å². The smallest absolute Gasteiger partial charge is 0.327 e. The summed E-state index contributed by atoms with van der Waals surface area (Å²) in [7, 11) is 1.41. The minimum Gasteiger partial charge on any atom is -0.479 e. The number of rotatable bonds is 8. The second-order valence-electron chi connectivity index (χ2n) is 9.37. The number of fused-ring (bicyclic) bond motifs is 1. The molecule has 2 aliphatic heterocycles. The summed E-state index contributed by atoms with van der Waals surface area (Å²) in [5, 5.41) is 24.7. The number of nitrogens with one attached hydrogen (secondary N) is 1. The number of ether oxygens (including phenoxy) is 3. The van der Waals surface area contributed by atoms with Crippen LogP contribution in [-0.2, 0) is 23.4 Å². The largest absolute Gasteiger partial charge is 0.479 e. The Bertz CT molecular complexity index is 1410. The number of nitrogen functional groups attached to an aromatic ring is 1. The fourth-order valence-corrected chi connectivity index (χ4v) is 8.33. The number of benzene rings is 1. The number of anilines is 1. The first kappa shape index (κ1) is 27.8. The Morgan fingerprint density at radius 2 is 2.13 bits per heavy atom. The Labute approximate surface area is 227 Å². The lowest BCUT2D eigenvalue weighted by atomic mass is 9.96. The lowest BCUT2D eigenvalue weighted by Crippen LogP contribution is -2.44. The van der Waals surface area contributed by atoms with E-state index in [9.17, 15) is 19.6 Å². The number of carbonyl (C=O) groups is 1. The van der Waals surface area contributed by atoms with Gasteiger partial charge in [0.2, 0.25) is 11.8 Å². The predicted octanol–water partition coefficient (Wildman–Crippen LogP) is 1.56. The van der Waals surface area contributed by atoms with Crippen molar-refractivity contribution in [2.75, 3.05) is 25.2 Å². The van der Waals surface area contributed by atoms with E-state index in [4.69, 9.17) is 24.5 Å². The first-order chi connectivity index (χ1) is 18.5. The normalized spacial score (nSPS) is 31.4.